The van der Waals surface area contributed by atoms with Crippen LogP contribution in [-0.4, -0.2) is 5.84 Å². The van der Waals surface area contributed by atoms with Crippen molar-refractivity contribution in [1.82, 2.24) is 5.32 Å². The molecular formula is C43H32N2. The van der Waals surface area contributed by atoms with Crippen LogP contribution >= 0.6 is 0 Å². The van der Waals surface area contributed by atoms with E-state index in [4.69, 9.17) is 4.99 Å². The molecule has 9 rings (SSSR count). The summed E-state index contributed by atoms with van der Waals surface area (Å²) in [6, 6.07) is 54.8. The molecule has 1 spiro atoms. The van der Waals surface area contributed by atoms with Crippen LogP contribution in [0.1, 0.15) is 51.8 Å². The molecule has 0 radical (unpaired) electrons. The number of aliphatic imine (C=N–C) groups is 1. The summed E-state index contributed by atoms with van der Waals surface area (Å²) < 4.78 is 0. The standard InChI is InChI=1S/C43H32N2/c1-29(30-15-4-2-5-16-30)44-41(45-42(27-28-42)31-17-6-3-7-18-31)36-23-14-22-35-34-21-10-13-26-39(34)43(40(35)36)37-24-11-8-19-32(37)33-20-9-12-25-38(33)43/h2-26H,1,27-28H2,(H,44,45). The van der Waals surface area contributed by atoms with Gasteiger partial charge in [-0.15, -0.1) is 0 Å². The minimum absolute atomic E-state index is 0.257. The molecule has 1 fully saturated rings. The average Bonchev–Trinajstić information content (AvgIpc) is 3.76. The van der Waals surface area contributed by atoms with Gasteiger partial charge in [0.2, 0.25) is 0 Å². The third-order valence-corrected chi connectivity index (χ3v) is 10.0. The second kappa shape index (κ2) is 9.77. The van der Waals surface area contributed by atoms with Gasteiger partial charge in [-0.3, -0.25) is 4.99 Å². The zero-order valence-electron chi connectivity index (χ0n) is 25.0. The minimum Gasteiger partial charge on any atom is -0.340 e. The van der Waals surface area contributed by atoms with Crippen LogP contribution in [0.3, 0.4) is 0 Å². The van der Waals surface area contributed by atoms with Crippen LogP contribution in [-0.2, 0) is 11.0 Å². The number of benzene rings is 6. The van der Waals surface area contributed by atoms with Gasteiger partial charge in [-0.05, 0) is 68.5 Å². The van der Waals surface area contributed by atoms with E-state index < -0.39 is 5.41 Å². The zero-order chi connectivity index (χ0) is 30.0. The second-order valence-electron chi connectivity index (χ2n) is 12.4. The number of hydrogen-bond acceptors (Lipinski definition) is 1. The van der Waals surface area contributed by atoms with Gasteiger partial charge >= 0.3 is 0 Å². The lowest BCUT2D eigenvalue weighted by Gasteiger charge is -2.32. The van der Waals surface area contributed by atoms with E-state index in [9.17, 15) is 0 Å². The average molecular weight is 577 g/mol. The number of amidine groups is 1. The smallest absolute Gasteiger partial charge is 0.133 e. The summed E-state index contributed by atoms with van der Waals surface area (Å²) in [5, 5.41) is 3.78. The molecule has 45 heavy (non-hydrogen) atoms. The second-order valence-corrected chi connectivity index (χ2v) is 12.4. The molecule has 0 aliphatic heterocycles. The molecule has 0 unspecified atom stereocenters. The summed E-state index contributed by atoms with van der Waals surface area (Å²) in [4.78, 5) is 5.68. The Morgan fingerprint density at radius 2 is 1.02 bits per heavy atom. The first-order valence-corrected chi connectivity index (χ1v) is 15.8. The van der Waals surface area contributed by atoms with Gasteiger partial charge in [0.25, 0.3) is 0 Å². The molecule has 1 saturated carbocycles. The van der Waals surface area contributed by atoms with E-state index in [2.05, 4.69) is 157 Å². The molecule has 0 saturated heterocycles. The van der Waals surface area contributed by atoms with Crippen LogP contribution in [0.15, 0.2) is 163 Å². The maximum Gasteiger partial charge on any atom is 0.133 e. The van der Waals surface area contributed by atoms with E-state index in [1.807, 2.05) is 6.07 Å². The monoisotopic (exact) mass is 576 g/mol. The Kier molecular flexibility index (Phi) is 5.64. The fourth-order valence-electron chi connectivity index (χ4n) is 7.91. The molecule has 3 aliphatic rings. The van der Waals surface area contributed by atoms with Gasteiger partial charge in [0.05, 0.1) is 11.0 Å². The van der Waals surface area contributed by atoms with Crippen molar-refractivity contribution < 1.29 is 0 Å². The third kappa shape index (κ3) is 3.72. The van der Waals surface area contributed by atoms with Gasteiger partial charge in [-0.25, -0.2) is 0 Å². The number of hydrogen-bond donors (Lipinski definition) is 1. The van der Waals surface area contributed by atoms with Crippen molar-refractivity contribution >= 4 is 11.5 Å². The van der Waals surface area contributed by atoms with E-state index in [0.29, 0.717) is 0 Å². The zero-order valence-corrected chi connectivity index (χ0v) is 25.0. The molecule has 214 valence electrons. The quantitative estimate of drug-likeness (QED) is 0.160. The molecule has 0 bridgehead atoms. The van der Waals surface area contributed by atoms with Crippen molar-refractivity contribution in [3.8, 4) is 22.3 Å². The SMILES string of the molecule is C=C(NC(=NC1(c2ccccc2)CC1)c1cccc2c1C1(c3ccccc3-c3ccccc31)c1ccccc1-2)c1ccccc1. The van der Waals surface area contributed by atoms with Crippen molar-refractivity contribution in [2.45, 2.75) is 23.8 Å². The summed E-state index contributed by atoms with van der Waals surface area (Å²) in [6.07, 6.45) is 2.04. The first-order valence-electron chi connectivity index (χ1n) is 15.8. The van der Waals surface area contributed by atoms with Gasteiger partial charge < -0.3 is 5.32 Å². The molecule has 0 atom stereocenters. The van der Waals surface area contributed by atoms with Gasteiger partial charge in [-0.1, -0.05) is 158 Å². The predicted molar refractivity (Wildman–Crippen MR) is 185 cm³/mol. The van der Waals surface area contributed by atoms with Crippen LogP contribution in [0.2, 0.25) is 0 Å². The van der Waals surface area contributed by atoms with Crippen LogP contribution < -0.4 is 5.32 Å². The van der Waals surface area contributed by atoms with Crippen LogP contribution in [0.4, 0.5) is 0 Å². The molecule has 6 aromatic carbocycles. The first-order chi connectivity index (χ1) is 22.2. The Balaban J connectivity index is 1.34. The summed E-state index contributed by atoms with van der Waals surface area (Å²) >= 11 is 0. The van der Waals surface area contributed by atoms with Crippen LogP contribution in [0.25, 0.3) is 28.0 Å². The summed E-state index contributed by atoms with van der Waals surface area (Å²) in [7, 11) is 0. The Morgan fingerprint density at radius 3 is 1.60 bits per heavy atom. The predicted octanol–water partition coefficient (Wildman–Crippen LogP) is 9.73. The normalized spacial score (nSPS) is 16.0. The molecule has 0 amide bonds. The highest BCUT2D eigenvalue weighted by Gasteiger charge is 2.53. The number of fused-ring (bicyclic) bond motifs is 10. The van der Waals surface area contributed by atoms with E-state index >= 15 is 0 Å². The van der Waals surface area contributed by atoms with Crippen molar-refractivity contribution in [2.75, 3.05) is 0 Å². The van der Waals surface area contributed by atoms with Gasteiger partial charge in [0.15, 0.2) is 0 Å². The van der Waals surface area contributed by atoms with Gasteiger partial charge in [0, 0.05) is 11.3 Å². The molecule has 0 heterocycles. The van der Waals surface area contributed by atoms with Crippen molar-refractivity contribution in [3.63, 3.8) is 0 Å². The van der Waals surface area contributed by atoms with E-state index in [-0.39, 0.29) is 5.54 Å². The number of rotatable bonds is 5. The molecule has 2 heteroatoms. The summed E-state index contributed by atoms with van der Waals surface area (Å²) in [5.41, 5.74) is 14.0. The van der Waals surface area contributed by atoms with Crippen LogP contribution in [0, 0.1) is 0 Å². The van der Waals surface area contributed by atoms with Crippen LogP contribution in [0.5, 0.6) is 0 Å². The van der Waals surface area contributed by atoms with E-state index in [1.54, 1.807) is 0 Å². The topological polar surface area (TPSA) is 24.4 Å². The maximum atomic E-state index is 5.68. The highest BCUT2D eigenvalue weighted by atomic mass is 15.1. The maximum absolute atomic E-state index is 5.68. The van der Waals surface area contributed by atoms with Crippen molar-refractivity contribution in [3.05, 3.63) is 197 Å². The van der Waals surface area contributed by atoms with E-state index in [1.165, 1.54) is 50.1 Å². The summed E-state index contributed by atoms with van der Waals surface area (Å²) in [5.74, 6) is 0.871. The lowest BCUT2D eigenvalue weighted by Crippen LogP contribution is -2.32. The lowest BCUT2D eigenvalue weighted by atomic mass is 9.69. The van der Waals surface area contributed by atoms with Crippen molar-refractivity contribution in [1.29, 1.82) is 0 Å². The number of nitrogens with one attached hydrogen (secondary N) is 1. The summed E-state index contributed by atoms with van der Waals surface area (Å²) in [6.45, 7) is 4.52. The Labute approximate surface area is 264 Å². The molecule has 2 nitrogen and oxygen atoms in total. The number of nitrogens with zero attached hydrogens (tertiary/aromatic N) is 1. The lowest BCUT2D eigenvalue weighted by molar-refractivity contribution is 0.736. The Morgan fingerprint density at radius 1 is 0.533 bits per heavy atom. The highest BCUT2D eigenvalue weighted by Crippen LogP contribution is 2.63. The van der Waals surface area contributed by atoms with Crippen molar-refractivity contribution in [2.24, 2.45) is 4.99 Å². The highest BCUT2D eigenvalue weighted by molar-refractivity contribution is 6.09. The molecule has 1 N–H and O–H groups in total. The molecule has 6 aromatic rings. The Bertz CT molecular complexity index is 2090. The minimum atomic E-state index is -0.463. The van der Waals surface area contributed by atoms with Gasteiger partial charge in [0.1, 0.15) is 5.84 Å². The molecule has 3 aliphatic carbocycles. The Hall–Kier alpha value is -5.47. The van der Waals surface area contributed by atoms with Gasteiger partial charge in [-0.2, -0.15) is 0 Å². The third-order valence-electron chi connectivity index (χ3n) is 10.0. The molecule has 0 aromatic heterocycles. The largest absolute Gasteiger partial charge is 0.340 e. The fourth-order valence-corrected chi connectivity index (χ4v) is 7.91. The first kappa shape index (κ1) is 26.0. The van der Waals surface area contributed by atoms with E-state index in [0.717, 1.165) is 35.5 Å². The fraction of sp³-hybridized carbons (Fsp3) is 0.0930. The molecular weight excluding hydrogens is 544 g/mol.